The van der Waals surface area contributed by atoms with E-state index in [9.17, 15) is 9.59 Å². The zero-order chi connectivity index (χ0) is 10.6. The van der Waals surface area contributed by atoms with Crippen LogP contribution in [0.2, 0.25) is 0 Å². The monoisotopic (exact) mass is 406 g/mol. The molecule has 0 saturated carbocycles. The van der Waals surface area contributed by atoms with Gasteiger partial charge in [0.25, 0.3) is 0 Å². The van der Waals surface area contributed by atoms with Crippen molar-refractivity contribution in [3.63, 3.8) is 0 Å². The molecule has 0 fully saturated rings. The Morgan fingerprint density at radius 2 is 2.33 bits per heavy atom. The Hall–Kier alpha value is -0.967. The number of aromatic amines is 1. The number of carbonyl (C=O) groups excluding carboxylic acids is 1. The van der Waals surface area contributed by atoms with Gasteiger partial charge in [0, 0.05) is 51.4 Å². The second-order valence-corrected chi connectivity index (χ2v) is 2.87. The molecule has 0 aliphatic heterocycles. The molecule has 0 bridgehead atoms. The largest absolute Gasteiger partial charge is 0.480 e. The van der Waals surface area contributed by atoms with Gasteiger partial charge in [-0.3, -0.25) is 4.79 Å². The number of rotatable bonds is 4. The van der Waals surface area contributed by atoms with Crippen molar-refractivity contribution < 1.29 is 14.7 Å². The van der Waals surface area contributed by atoms with Gasteiger partial charge in [0.2, 0.25) is 5.91 Å². The molecular formula is C8H11BiN3O3. The van der Waals surface area contributed by atoms with E-state index in [1.807, 2.05) is 0 Å². The molecule has 0 aliphatic rings. The minimum absolute atomic E-state index is 0. The molecule has 1 heterocycles. The molecule has 1 aromatic heterocycles. The van der Waals surface area contributed by atoms with Gasteiger partial charge < -0.3 is 15.4 Å². The second kappa shape index (κ2) is 6.50. The molecule has 1 amide bonds. The molecule has 3 radical (unpaired) electrons. The van der Waals surface area contributed by atoms with Crippen LogP contribution in [0.3, 0.4) is 0 Å². The summed E-state index contributed by atoms with van der Waals surface area (Å²) in [4.78, 5) is 27.9. The summed E-state index contributed by atoms with van der Waals surface area (Å²) in [6, 6.07) is -0.909. The summed E-state index contributed by atoms with van der Waals surface area (Å²) in [5.41, 5.74) is 0.672. The zero-order valence-corrected chi connectivity index (χ0v) is 11.6. The molecule has 15 heavy (non-hydrogen) atoms. The Morgan fingerprint density at radius 1 is 1.67 bits per heavy atom. The number of hydrogen-bond acceptors (Lipinski definition) is 3. The normalized spacial score (nSPS) is 11.3. The van der Waals surface area contributed by atoms with Crippen LogP contribution in [0.15, 0.2) is 12.5 Å². The number of amides is 1. The van der Waals surface area contributed by atoms with Crippen molar-refractivity contribution in [1.82, 2.24) is 15.3 Å². The Kier molecular flexibility index (Phi) is 6.09. The smallest absolute Gasteiger partial charge is 0.326 e. The number of imidazole rings is 1. The van der Waals surface area contributed by atoms with E-state index in [-0.39, 0.29) is 38.5 Å². The van der Waals surface area contributed by atoms with Crippen LogP contribution >= 0.6 is 0 Å². The molecule has 3 N–H and O–H groups in total. The fraction of sp³-hybridized carbons (Fsp3) is 0.375. The van der Waals surface area contributed by atoms with E-state index in [2.05, 4.69) is 15.3 Å². The van der Waals surface area contributed by atoms with Crippen LogP contribution in [0.4, 0.5) is 0 Å². The summed E-state index contributed by atoms with van der Waals surface area (Å²) in [7, 11) is 0. The fourth-order valence-electron chi connectivity index (χ4n) is 1.06. The van der Waals surface area contributed by atoms with Crippen LogP contribution in [0.5, 0.6) is 0 Å². The molecule has 0 saturated heterocycles. The summed E-state index contributed by atoms with van der Waals surface area (Å²) in [6.45, 7) is 1.28. The van der Waals surface area contributed by atoms with Crippen LogP contribution < -0.4 is 5.32 Å². The van der Waals surface area contributed by atoms with E-state index >= 15 is 0 Å². The number of aliphatic carboxylic acids is 1. The summed E-state index contributed by atoms with van der Waals surface area (Å²) in [5, 5.41) is 11.1. The van der Waals surface area contributed by atoms with Gasteiger partial charge in [-0.1, -0.05) is 0 Å². The molecule has 81 valence electrons. The Labute approximate surface area is 106 Å². The number of aromatic nitrogens is 2. The van der Waals surface area contributed by atoms with E-state index < -0.39 is 12.0 Å². The van der Waals surface area contributed by atoms with Crippen molar-refractivity contribution in [2.75, 3.05) is 0 Å². The molecule has 0 aliphatic carbocycles. The van der Waals surface area contributed by atoms with Crippen LogP contribution in [0.1, 0.15) is 12.6 Å². The van der Waals surface area contributed by atoms with Gasteiger partial charge in [-0.25, -0.2) is 9.78 Å². The maximum absolute atomic E-state index is 10.7. The van der Waals surface area contributed by atoms with E-state index in [0.29, 0.717) is 5.69 Å². The Balaban J connectivity index is 0.00000196. The van der Waals surface area contributed by atoms with Crippen molar-refractivity contribution in [2.45, 2.75) is 19.4 Å². The molecule has 1 aromatic rings. The topological polar surface area (TPSA) is 95.1 Å². The van der Waals surface area contributed by atoms with E-state index in [4.69, 9.17) is 5.11 Å². The molecule has 1 unspecified atom stereocenters. The molecule has 0 aromatic carbocycles. The van der Waals surface area contributed by atoms with Crippen molar-refractivity contribution in [2.24, 2.45) is 0 Å². The third-order valence-corrected chi connectivity index (χ3v) is 1.65. The average molecular weight is 406 g/mol. The second-order valence-electron chi connectivity index (χ2n) is 2.87. The number of hydrogen-bond donors (Lipinski definition) is 3. The van der Waals surface area contributed by atoms with Crippen molar-refractivity contribution in [3.05, 3.63) is 18.2 Å². The van der Waals surface area contributed by atoms with Crippen molar-refractivity contribution in [3.8, 4) is 0 Å². The van der Waals surface area contributed by atoms with Crippen molar-refractivity contribution in [1.29, 1.82) is 0 Å². The van der Waals surface area contributed by atoms with Crippen LogP contribution in [-0.4, -0.2) is 59.2 Å². The maximum Gasteiger partial charge on any atom is 0.326 e. The van der Waals surface area contributed by atoms with E-state index in [1.165, 1.54) is 19.4 Å². The van der Waals surface area contributed by atoms with E-state index in [1.54, 1.807) is 0 Å². The van der Waals surface area contributed by atoms with Gasteiger partial charge in [0.05, 0.1) is 6.33 Å². The van der Waals surface area contributed by atoms with Gasteiger partial charge in [-0.2, -0.15) is 0 Å². The maximum atomic E-state index is 10.7. The van der Waals surface area contributed by atoms with Crippen molar-refractivity contribution >= 4 is 38.1 Å². The number of carboxylic acids is 1. The molecule has 1 rings (SSSR count). The first-order chi connectivity index (χ1) is 6.59. The third-order valence-electron chi connectivity index (χ3n) is 1.65. The Morgan fingerprint density at radius 3 is 2.73 bits per heavy atom. The standard InChI is InChI=1S/C8H11N3O3.Bi/c1-5(12)11-7(8(13)14)2-6-3-9-4-10-6;/h3-4,7H,2H2,1H3,(H,9,10)(H,11,12)(H,13,14);. The van der Waals surface area contributed by atoms with Crippen LogP contribution in [-0.2, 0) is 16.0 Å². The van der Waals surface area contributed by atoms with E-state index in [0.717, 1.165) is 0 Å². The summed E-state index contributed by atoms with van der Waals surface area (Å²) in [5.74, 6) is -1.42. The number of H-pyrrole nitrogens is 1. The molecular weight excluding hydrogens is 395 g/mol. The molecule has 7 heteroatoms. The first-order valence-electron chi connectivity index (χ1n) is 4.06. The van der Waals surface area contributed by atoms with Gasteiger partial charge in [-0.15, -0.1) is 0 Å². The number of carbonyl (C=O) groups is 2. The zero-order valence-electron chi connectivity index (χ0n) is 8.10. The average Bonchev–Trinajstić information content (AvgIpc) is 2.54. The van der Waals surface area contributed by atoms with Gasteiger partial charge in [0.1, 0.15) is 6.04 Å². The van der Waals surface area contributed by atoms with Crippen LogP contribution in [0.25, 0.3) is 0 Å². The quantitative estimate of drug-likeness (QED) is 0.569. The molecule has 1 atom stereocenters. The fourth-order valence-corrected chi connectivity index (χ4v) is 1.06. The summed E-state index contributed by atoms with van der Waals surface area (Å²) in [6.07, 6.45) is 3.19. The first kappa shape index (κ1) is 14.0. The molecule has 6 nitrogen and oxygen atoms in total. The number of carboxylic acid groups (broad SMARTS) is 1. The number of nitrogens with zero attached hydrogens (tertiary/aromatic N) is 1. The minimum Gasteiger partial charge on any atom is -0.480 e. The van der Waals surface area contributed by atoms with Crippen LogP contribution in [0, 0.1) is 0 Å². The van der Waals surface area contributed by atoms with Gasteiger partial charge in [-0.05, 0) is 0 Å². The minimum atomic E-state index is -1.06. The molecule has 0 spiro atoms. The van der Waals surface area contributed by atoms with Gasteiger partial charge in [0.15, 0.2) is 0 Å². The third kappa shape index (κ3) is 4.88. The predicted octanol–water partition coefficient (Wildman–Crippen LogP) is -0.839. The Bertz CT molecular complexity index is 326. The number of nitrogens with one attached hydrogen (secondary N) is 2. The summed E-state index contributed by atoms with van der Waals surface area (Å²) < 4.78 is 0. The predicted molar refractivity (Wildman–Crippen MR) is 53.3 cm³/mol. The SMILES string of the molecule is CC(=O)NC(Cc1cnc[nH]1)C(=O)O.[Bi]. The van der Waals surface area contributed by atoms with Gasteiger partial charge >= 0.3 is 5.97 Å². The first-order valence-corrected chi connectivity index (χ1v) is 4.06. The summed E-state index contributed by atoms with van der Waals surface area (Å²) >= 11 is 0.